The summed E-state index contributed by atoms with van der Waals surface area (Å²) < 4.78 is 0. The first-order chi connectivity index (χ1) is 8.09. The molecule has 3 nitrogen and oxygen atoms in total. The highest BCUT2D eigenvalue weighted by Gasteiger charge is 2.36. The van der Waals surface area contributed by atoms with Gasteiger partial charge in [-0.1, -0.05) is 26.7 Å². The standard InChI is InChI=1S/C14H28N2O/c1-4-14(5-2,11-15)13(17)16(3)10-12-8-6-7-9-12/h12H,4-11,15H2,1-3H3. The third kappa shape index (κ3) is 3.21. The number of rotatable bonds is 6. The second-order valence-corrected chi connectivity index (χ2v) is 5.53. The van der Waals surface area contributed by atoms with E-state index in [1.807, 2.05) is 11.9 Å². The fourth-order valence-electron chi connectivity index (χ4n) is 3.00. The van der Waals surface area contributed by atoms with Crippen molar-refractivity contribution in [3.05, 3.63) is 0 Å². The highest BCUT2D eigenvalue weighted by molar-refractivity contribution is 5.82. The zero-order chi connectivity index (χ0) is 12.9. The summed E-state index contributed by atoms with van der Waals surface area (Å²) in [6, 6.07) is 0. The number of hydrogen-bond donors (Lipinski definition) is 1. The van der Waals surface area contributed by atoms with Gasteiger partial charge < -0.3 is 10.6 Å². The molecule has 1 aliphatic rings. The molecule has 0 radical (unpaired) electrons. The van der Waals surface area contributed by atoms with Crippen LogP contribution in [0.1, 0.15) is 52.4 Å². The predicted molar refractivity (Wildman–Crippen MR) is 71.7 cm³/mol. The van der Waals surface area contributed by atoms with E-state index in [9.17, 15) is 4.79 Å². The molecule has 0 aromatic heterocycles. The van der Waals surface area contributed by atoms with Gasteiger partial charge >= 0.3 is 0 Å². The average Bonchev–Trinajstić information content (AvgIpc) is 2.84. The third-order valence-corrected chi connectivity index (χ3v) is 4.55. The number of carbonyl (C=O) groups excluding carboxylic acids is 1. The van der Waals surface area contributed by atoms with E-state index in [0.29, 0.717) is 12.5 Å². The van der Waals surface area contributed by atoms with Gasteiger partial charge in [0.25, 0.3) is 0 Å². The lowest BCUT2D eigenvalue weighted by Crippen LogP contribution is -2.47. The van der Waals surface area contributed by atoms with Crippen LogP contribution in [0.25, 0.3) is 0 Å². The van der Waals surface area contributed by atoms with Crippen LogP contribution in [0.4, 0.5) is 0 Å². The molecule has 1 aliphatic carbocycles. The zero-order valence-corrected chi connectivity index (χ0v) is 11.7. The molecule has 0 bridgehead atoms. The Labute approximate surface area is 106 Å². The maximum absolute atomic E-state index is 12.5. The van der Waals surface area contributed by atoms with Gasteiger partial charge in [0.15, 0.2) is 0 Å². The van der Waals surface area contributed by atoms with Crippen LogP contribution in [0.2, 0.25) is 0 Å². The SMILES string of the molecule is CCC(CC)(CN)C(=O)N(C)CC1CCCC1. The number of hydrogen-bond acceptors (Lipinski definition) is 2. The minimum Gasteiger partial charge on any atom is -0.345 e. The van der Waals surface area contributed by atoms with Gasteiger partial charge in [0, 0.05) is 20.1 Å². The van der Waals surface area contributed by atoms with E-state index in [2.05, 4.69) is 13.8 Å². The van der Waals surface area contributed by atoms with Crippen molar-refractivity contribution in [1.29, 1.82) is 0 Å². The number of amides is 1. The third-order valence-electron chi connectivity index (χ3n) is 4.55. The van der Waals surface area contributed by atoms with Gasteiger partial charge in [-0.15, -0.1) is 0 Å². The molecule has 0 unspecified atom stereocenters. The summed E-state index contributed by atoms with van der Waals surface area (Å²) in [6.07, 6.45) is 6.91. The van der Waals surface area contributed by atoms with Crippen molar-refractivity contribution in [2.24, 2.45) is 17.1 Å². The van der Waals surface area contributed by atoms with E-state index in [4.69, 9.17) is 5.73 Å². The van der Waals surface area contributed by atoms with Crippen LogP contribution in [0.15, 0.2) is 0 Å². The van der Waals surface area contributed by atoms with Gasteiger partial charge in [-0.25, -0.2) is 0 Å². The second kappa shape index (κ2) is 6.39. The second-order valence-electron chi connectivity index (χ2n) is 5.53. The largest absolute Gasteiger partial charge is 0.345 e. The molecule has 1 rings (SSSR count). The van der Waals surface area contributed by atoms with Crippen molar-refractivity contribution in [3.63, 3.8) is 0 Å². The summed E-state index contributed by atoms with van der Waals surface area (Å²) in [5.41, 5.74) is 5.50. The van der Waals surface area contributed by atoms with Crippen LogP contribution in [0, 0.1) is 11.3 Å². The van der Waals surface area contributed by atoms with Crippen molar-refractivity contribution in [3.8, 4) is 0 Å². The van der Waals surface area contributed by atoms with Crippen molar-refractivity contribution >= 4 is 5.91 Å². The van der Waals surface area contributed by atoms with Crippen LogP contribution < -0.4 is 5.73 Å². The van der Waals surface area contributed by atoms with Crippen LogP contribution in [0.5, 0.6) is 0 Å². The summed E-state index contributed by atoms with van der Waals surface area (Å²) >= 11 is 0. The maximum atomic E-state index is 12.5. The van der Waals surface area contributed by atoms with Crippen LogP contribution in [-0.2, 0) is 4.79 Å². The molecule has 100 valence electrons. The van der Waals surface area contributed by atoms with Crippen molar-refractivity contribution in [2.45, 2.75) is 52.4 Å². The highest BCUT2D eigenvalue weighted by Crippen LogP contribution is 2.30. The summed E-state index contributed by atoms with van der Waals surface area (Å²) in [4.78, 5) is 14.4. The van der Waals surface area contributed by atoms with Crippen LogP contribution in [0.3, 0.4) is 0 Å². The normalized spacial score (nSPS) is 17.4. The number of nitrogens with zero attached hydrogens (tertiary/aromatic N) is 1. The molecule has 0 aromatic carbocycles. The molecule has 17 heavy (non-hydrogen) atoms. The molecule has 0 atom stereocenters. The summed E-state index contributed by atoms with van der Waals surface area (Å²) in [7, 11) is 1.94. The summed E-state index contributed by atoms with van der Waals surface area (Å²) in [6.45, 7) is 5.52. The molecule has 2 N–H and O–H groups in total. The quantitative estimate of drug-likeness (QED) is 0.775. The molecular formula is C14H28N2O. The Morgan fingerprint density at radius 1 is 1.29 bits per heavy atom. The number of carbonyl (C=O) groups is 1. The topological polar surface area (TPSA) is 46.3 Å². The van der Waals surface area contributed by atoms with Gasteiger partial charge in [0.1, 0.15) is 0 Å². The summed E-state index contributed by atoms with van der Waals surface area (Å²) in [5, 5.41) is 0. The van der Waals surface area contributed by atoms with Gasteiger partial charge in [0.05, 0.1) is 5.41 Å². The van der Waals surface area contributed by atoms with Gasteiger partial charge in [-0.05, 0) is 31.6 Å². The van der Waals surface area contributed by atoms with Gasteiger partial charge in [0.2, 0.25) is 5.91 Å². The first kappa shape index (κ1) is 14.5. The van der Waals surface area contributed by atoms with E-state index in [1.54, 1.807) is 0 Å². The van der Waals surface area contributed by atoms with E-state index < -0.39 is 0 Å². The molecular weight excluding hydrogens is 212 g/mol. The predicted octanol–water partition coefficient (Wildman–Crippen LogP) is 2.40. The Morgan fingerprint density at radius 2 is 1.82 bits per heavy atom. The van der Waals surface area contributed by atoms with Crippen LogP contribution >= 0.6 is 0 Å². The van der Waals surface area contributed by atoms with E-state index in [-0.39, 0.29) is 11.3 Å². The molecule has 0 spiro atoms. The van der Waals surface area contributed by atoms with Crippen LogP contribution in [-0.4, -0.2) is 30.9 Å². The molecule has 0 heterocycles. The smallest absolute Gasteiger partial charge is 0.229 e. The molecule has 1 fully saturated rings. The minimum absolute atomic E-state index is 0.247. The van der Waals surface area contributed by atoms with E-state index >= 15 is 0 Å². The van der Waals surface area contributed by atoms with Crippen molar-refractivity contribution in [1.82, 2.24) is 4.90 Å². The average molecular weight is 240 g/mol. The first-order valence-electron chi connectivity index (χ1n) is 7.05. The van der Waals surface area contributed by atoms with E-state index in [0.717, 1.165) is 19.4 Å². The fraction of sp³-hybridized carbons (Fsp3) is 0.929. The van der Waals surface area contributed by atoms with Crippen molar-refractivity contribution < 1.29 is 4.79 Å². The molecule has 0 saturated heterocycles. The molecule has 1 saturated carbocycles. The Morgan fingerprint density at radius 3 is 2.24 bits per heavy atom. The number of nitrogens with two attached hydrogens (primary N) is 1. The van der Waals surface area contributed by atoms with Crippen molar-refractivity contribution in [2.75, 3.05) is 20.1 Å². The Balaban J connectivity index is 2.59. The fourth-order valence-corrected chi connectivity index (χ4v) is 3.00. The monoisotopic (exact) mass is 240 g/mol. The van der Waals surface area contributed by atoms with Gasteiger partial charge in [-0.3, -0.25) is 4.79 Å². The molecule has 3 heteroatoms. The lowest BCUT2D eigenvalue weighted by molar-refractivity contribution is -0.141. The zero-order valence-electron chi connectivity index (χ0n) is 11.7. The molecule has 0 aromatic rings. The Kier molecular flexibility index (Phi) is 5.44. The Bertz CT molecular complexity index is 234. The first-order valence-corrected chi connectivity index (χ1v) is 7.05. The summed E-state index contributed by atoms with van der Waals surface area (Å²) in [5.74, 6) is 0.963. The highest BCUT2D eigenvalue weighted by atomic mass is 16.2. The lowest BCUT2D eigenvalue weighted by atomic mass is 9.81. The molecule has 1 amide bonds. The molecule has 0 aliphatic heterocycles. The Hall–Kier alpha value is -0.570. The lowest BCUT2D eigenvalue weighted by Gasteiger charge is -2.34. The maximum Gasteiger partial charge on any atom is 0.229 e. The van der Waals surface area contributed by atoms with E-state index in [1.165, 1.54) is 25.7 Å². The minimum atomic E-state index is -0.326. The van der Waals surface area contributed by atoms with Gasteiger partial charge in [-0.2, -0.15) is 0 Å².